The van der Waals surface area contributed by atoms with Crippen LogP contribution in [0.15, 0.2) is 0 Å². The first-order valence-corrected chi connectivity index (χ1v) is 7.87. The largest absolute Gasteiger partial charge is 0.396 e. The van der Waals surface area contributed by atoms with Crippen molar-refractivity contribution in [3.05, 3.63) is 0 Å². The zero-order valence-electron chi connectivity index (χ0n) is 12.3. The van der Waals surface area contributed by atoms with E-state index >= 15 is 0 Å². The number of hydrogen-bond donors (Lipinski definition) is 2. The van der Waals surface area contributed by atoms with Crippen LogP contribution in [-0.2, 0) is 0 Å². The molecule has 0 unspecified atom stereocenters. The molecular formula is C16H32O2. The van der Waals surface area contributed by atoms with E-state index in [9.17, 15) is 0 Å². The second kappa shape index (κ2) is 8.92. The van der Waals surface area contributed by atoms with E-state index in [0.29, 0.717) is 25.0 Å². The number of aliphatic hydroxyl groups is 2. The summed E-state index contributed by atoms with van der Waals surface area (Å²) in [5, 5.41) is 17.6. The predicted molar refractivity (Wildman–Crippen MR) is 76.4 cm³/mol. The van der Waals surface area contributed by atoms with Gasteiger partial charge in [-0.3, -0.25) is 0 Å². The third-order valence-corrected chi connectivity index (χ3v) is 4.79. The standard InChI is InChI=1S/2C8H16O/c2*1-7-2-4-8(6-9)5-3-7/h2*7-9H,2-6H2,1H3. The summed E-state index contributed by atoms with van der Waals surface area (Å²) in [5.74, 6) is 3.07. The van der Waals surface area contributed by atoms with Crippen LogP contribution in [0, 0.1) is 23.7 Å². The molecule has 0 spiro atoms. The minimum atomic E-state index is 0.409. The van der Waals surface area contributed by atoms with Crippen molar-refractivity contribution in [2.24, 2.45) is 23.7 Å². The smallest absolute Gasteiger partial charge is 0.0459 e. The molecule has 2 aliphatic carbocycles. The van der Waals surface area contributed by atoms with Crippen molar-refractivity contribution in [1.82, 2.24) is 0 Å². The van der Waals surface area contributed by atoms with E-state index < -0.39 is 0 Å². The van der Waals surface area contributed by atoms with Gasteiger partial charge in [-0.05, 0) is 49.4 Å². The molecule has 2 saturated carbocycles. The lowest BCUT2D eigenvalue weighted by Crippen LogP contribution is -2.14. The van der Waals surface area contributed by atoms with Gasteiger partial charge in [-0.2, -0.15) is 0 Å². The van der Waals surface area contributed by atoms with E-state index in [1.165, 1.54) is 51.4 Å². The lowest BCUT2D eigenvalue weighted by Gasteiger charge is -2.23. The highest BCUT2D eigenvalue weighted by molar-refractivity contribution is 4.69. The van der Waals surface area contributed by atoms with E-state index in [0.717, 1.165) is 11.8 Å². The van der Waals surface area contributed by atoms with Gasteiger partial charge in [0, 0.05) is 13.2 Å². The second-order valence-corrected chi connectivity index (χ2v) is 6.62. The van der Waals surface area contributed by atoms with Gasteiger partial charge in [-0.15, -0.1) is 0 Å². The Hall–Kier alpha value is -0.0800. The van der Waals surface area contributed by atoms with Gasteiger partial charge in [-0.25, -0.2) is 0 Å². The molecule has 2 nitrogen and oxygen atoms in total. The molecule has 0 aromatic carbocycles. The van der Waals surface area contributed by atoms with Crippen LogP contribution in [0.25, 0.3) is 0 Å². The average molecular weight is 256 g/mol. The first-order chi connectivity index (χ1) is 8.65. The maximum absolute atomic E-state index is 8.78. The molecule has 0 aromatic rings. The summed E-state index contributed by atoms with van der Waals surface area (Å²) in [4.78, 5) is 0. The molecule has 0 aromatic heterocycles. The van der Waals surface area contributed by atoms with Crippen LogP contribution in [0.4, 0.5) is 0 Å². The SMILES string of the molecule is CC1CCC(CO)CC1.CC1CCC(CO)CC1. The van der Waals surface area contributed by atoms with Crippen LogP contribution in [0.3, 0.4) is 0 Å². The van der Waals surface area contributed by atoms with Crippen LogP contribution in [0.5, 0.6) is 0 Å². The fraction of sp³-hybridized carbons (Fsp3) is 1.00. The summed E-state index contributed by atoms with van der Waals surface area (Å²) in [6.45, 7) is 5.42. The molecule has 2 fully saturated rings. The minimum Gasteiger partial charge on any atom is -0.396 e. The molecule has 2 N–H and O–H groups in total. The Morgan fingerprint density at radius 3 is 1.11 bits per heavy atom. The fourth-order valence-electron chi connectivity index (χ4n) is 3.02. The maximum atomic E-state index is 8.78. The van der Waals surface area contributed by atoms with Crippen molar-refractivity contribution in [3.8, 4) is 0 Å². The summed E-state index contributed by atoms with van der Waals surface area (Å²) < 4.78 is 0. The highest BCUT2D eigenvalue weighted by atomic mass is 16.3. The highest BCUT2D eigenvalue weighted by Gasteiger charge is 2.17. The monoisotopic (exact) mass is 256 g/mol. The van der Waals surface area contributed by atoms with Crippen molar-refractivity contribution in [2.45, 2.75) is 65.2 Å². The molecule has 0 radical (unpaired) electrons. The van der Waals surface area contributed by atoms with Gasteiger partial charge in [0.15, 0.2) is 0 Å². The van der Waals surface area contributed by atoms with Crippen molar-refractivity contribution in [1.29, 1.82) is 0 Å². The molecule has 18 heavy (non-hydrogen) atoms. The van der Waals surface area contributed by atoms with Crippen LogP contribution in [0.2, 0.25) is 0 Å². The molecule has 108 valence electrons. The Kier molecular flexibility index (Phi) is 7.92. The van der Waals surface area contributed by atoms with Crippen molar-refractivity contribution >= 4 is 0 Å². The molecule has 0 atom stereocenters. The molecule has 2 heteroatoms. The van der Waals surface area contributed by atoms with E-state index in [-0.39, 0.29) is 0 Å². The van der Waals surface area contributed by atoms with Gasteiger partial charge in [0.05, 0.1) is 0 Å². The van der Waals surface area contributed by atoms with Crippen LogP contribution in [-0.4, -0.2) is 23.4 Å². The molecule has 0 bridgehead atoms. The topological polar surface area (TPSA) is 40.5 Å². The quantitative estimate of drug-likeness (QED) is 0.792. The van der Waals surface area contributed by atoms with Gasteiger partial charge >= 0.3 is 0 Å². The summed E-state index contributed by atoms with van der Waals surface area (Å²) in [6, 6.07) is 0. The molecule has 0 aliphatic heterocycles. The first-order valence-electron chi connectivity index (χ1n) is 7.87. The summed E-state index contributed by atoms with van der Waals surface area (Å²) in [7, 11) is 0. The lowest BCUT2D eigenvalue weighted by atomic mass is 9.84. The Morgan fingerprint density at radius 2 is 0.889 bits per heavy atom. The zero-order chi connectivity index (χ0) is 13.4. The van der Waals surface area contributed by atoms with Crippen molar-refractivity contribution in [2.75, 3.05) is 13.2 Å². The fourth-order valence-corrected chi connectivity index (χ4v) is 3.02. The molecule has 2 aliphatic rings. The zero-order valence-corrected chi connectivity index (χ0v) is 12.3. The van der Waals surface area contributed by atoms with Crippen molar-refractivity contribution < 1.29 is 10.2 Å². The van der Waals surface area contributed by atoms with Crippen LogP contribution >= 0.6 is 0 Å². The Balaban J connectivity index is 0.000000180. The predicted octanol–water partition coefficient (Wildman–Crippen LogP) is 3.61. The number of hydrogen-bond acceptors (Lipinski definition) is 2. The van der Waals surface area contributed by atoms with E-state index in [1.54, 1.807) is 0 Å². The van der Waals surface area contributed by atoms with Crippen LogP contribution in [0.1, 0.15) is 65.2 Å². The highest BCUT2D eigenvalue weighted by Crippen LogP contribution is 2.28. The molecule has 0 amide bonds. The molecule has 0 heterocycles. The van der Waals surface area contributed by atoms with Gasteiger partial charge in [0.2, 0.25) is 0 Å². The second-order valence-electron chi connectivity index (χ2n) is 6.62. The maximum Gasteiger partial charge on any atom is 0.0459 e. The Labute approximate surface area is 113 Å². The molecule has 0 saturated heterocycles. The Morgan fingerprint density at radius 1 is 0.611 bits per heavy atom. The summed E-state index contributed by atoms with van der Waals surface area (Å²) in [6.07, 6.45) is 10.3. The first kappa shape index (κ1) is 16.0. The van der Waals surface area contributed by atoms with Gasteiger partial charge in [0.25, 0.3) is 0 Å². The van der Waals surface area contributed by atoms with E-state index in [4.69, 9.17) is 10.2 Å². The van der Waals surface area contributed by atoms with Crippen LogP contribution < -0.4 is 0 Å². The van der Waals surface area contributed by atoms with Crippen molar-refractivity contribution in [3.63, 3.8) is 0 Å². The number of aliphatic hydroxyl groups excluding tert-OH is 2. The van der Waals surface area contributed by atoms with Gasteiger partial charge in [-0.1, -0.05) is 39.5 Å². The third-order valence-electron chi connectivity index (χ3n) is 4.79. The minimum absolute atomic E-state index is 0.409. The number of rotatable bonds is 2. The average Bonchev–Trinajstić information content (AvgIpc) is 2.41. The Bertz CT molecular complexity index is 167. The lowest BCUT2D eigenvalue weighted by molar-refractivity contribution is 0.172. The summed E-state index contributed by atoms with van der Waals surface area (Å²) >= 11 is 0. The molecule has 2 rings (SSSR count). The normalized spacial score (nSPS) is 36.7. The summed E-state index contributed by atoms with van der Waals surface area (Å²) in [5.41, 5.74) is 0. The van der Waals surface area contributed by atoms with E-state index in [1.807, 2.05) is 0 Å². The molecular weight excluding hydrogens is 224 g/mol. The van der Waals surface area contributed by atoms with E-state index in [2.05, 4.69) is 13.8 Å². The van der Waals surface area contributed by atoms with Gasteiger partial charge < -0.3 is 10.2 Å². The van der Waals surface area contributed by atoms with Gasteiger partial charge in [0.1, 0.15) is 0 Å². The third kappa shape index (κ3) is 6.19.